The maximum Gasteiger partial charge on any atom is 0.416 e. The van der Waals surface area contributed by atoms with Gasteiger partial charge >= 0.3 is 6.18 Å². The largest absolute Gasteiger partial charge is 0.416 e. The van der Waals surface area contributed by atoms with E-state index in [2.05, 4.69) is 26.4 Å². The van der Waals surface area contributed by atoms with E-state index < -0.39 is 11.7 Å². The molecule has 2 aromatic carbocycles. The first-order valence-corrected chi connectivity index (χ1v) is 13.5. The van der Waals surface area contributed by atoms with E-state index in [0.717, 1.165) is 35.4 Å². The van der Waals surface area contributed by atoms with Gasteiger partial charge in [0.2, 0.25) is 0 Å². The normalized spacial score (nSPS) is 15.6. The molecule has 2 fully saturated rings. The van der Waals surface area contributed by atoms with E-state index >= 15 is 0 Å². The first kappa shape index (κ1) is 25.6. The molecule has 0 radical (unpaired) electrons. The third-order valence-electron chi connectivity index (χ3n) is 7.41. The van der Waals surface area contributed by atoms with Gasteiger partial charge in [-0.2, -0.15) is 18.0 Å². The lowest BCUT2D eigenvalue weighted by atomic mass is 10.1. The number of anilines is 2. The summed E-state index contributed by atoms with van der Waals surface area (Å²) in [4.78, 5) is 10.8. The average molecular weight is 536 g/mol. The van der Waals surface area contributed by atoms with Crippen LogP contribution in [-0.4, -0.2) is 38.3 Å². The number of pyridine rings is 1. The van der Waals surface area contributed by atoms with Crippen molar-refractivity contribution in [3.05, 3.63) is 70.8 Å². The minimum absolute atomic E-state index is 0.202. The quantitative estimate of drug-likeness (QED) is 0.251. The van der Waals surface area contributed by atoms with E-state index in [9.17, 15) is 13.2 Å². The van der Waals surface area contributed by atoms with E-state index in [1.807, 2.05) is 29.2 Å². The average Bonchev–Trinajstić information content (AvgIpc) is 3.82. The molecule has 2 saturated carbocycles. The number of halogens is 3. The lowest BCUT2D eigenvalue weighted by Crippen LogP contribution is -2.32. The Kier molecular flexibility index (Phi) is 6.64. The van der Waals surface area contributed by atoms with Crippen molar-refractivity contribution in [2.75, 3.05) is 22.9 Å². The first-order chi connectivity index (χ1) is 18.7. The van der Waals surface area contributed by atoms with Gasteiger partial charge in [0.05, 0.1) is 18.1 Å². The summed E-state index contributed by atoms with van der Waals surface area (Å²) in [6.45, 7) is 4.23. The van der Waals surface area contributed by atoms with Crippen molar-refractivity contribution >= 4 is 22.7 Å². The summed E-state index contributed by atoms with van der Waals surface area (Å²) in [7, 11) is 1.68. The van der Waals surface area contributed by atoms with Crippen LogP contribution in [0.1, 0.15) is 47.9 Å². The number of aromatic nitrogens is 5. The van der Waals surface area contributed by atoms with Gasteiger partial charge in [-0.3, -0.25) is 0 Å². The van der Waals surface area contributed by atoms with Crippen molar-refractivity contribution in [3.8, 4) is 0 Å². The summed E-state index contributed by atoms with van der Waals surface area (Å²) >= 11 is 0. The molecule has 7 nitrogen and oxygen atoms in total. The number of para-hydroxylation sites is 1. The van der Waals surface area contributed by atoms with Crippen LogP contribution in [0.2, 0.25) is 0 Å². The second-order valence-electron chi connectivity index (χ2n) is 11.1. The zero-order valence-corrected chi connectivity index (χ0v) is 22.2. The third-order valence-corrected chi connectivity index (χ3v) is 7.41. The lowest BCUT2D eigenvalue weighted by Gasteiger charge is -2.29. The van der Waals surface area contributed by atoms with Crippen LogP contribution >= 0.6 is 0 Å². The first-order valence-electron chi connectivity index (χ1n) is 13.5. The summed E-state index contributed by atoms with van der Waals surface area (Å²) in [5.41, 5.74) is 2.38. The fourth-order valence-electron chi connectivity index (χ4n) is 5.15. The molecule has 0 unspecified atom stereocenters. The Morgan fingerprint density at radius 3 is 2.28 bits per heavy atom. The maximum atomic E-state index is 13.6. The lowest BCUT2D eigenvalue weighted by molar-refractivity contribution is -0.137. The summed E-state index contributed by atoms with van der Waals surface area (Å²) in [5.74, 6) is 2.69. The molecular formula is C29H32F3N7. The van der Waals surface area contributed by atoms with Gasteiger partial charge in [0, 0.05) is 37.1 Å². The summed E-state index contributed by atoms with van der Waals surface area (Å²) < 4.78 is 40.8. The molecule has 2 aromatic heterocycles. The topological polar surface area (TPSA) is 63.0 Å². The predicted molar refractivity (Wildman–Crippen MR) is 144 cm³/mol. The molecular weight excluding hydrogens is 503 g/mol. The van der Waals surface area contributed by atoms with Gasteiger partial charge < -0.3 is 9.80 Å². The number of aryl methyl sites for hydroxylation is 2. The van der Waals surface area contributed by atoms with Crippen molar-refractivity contribution in [2.24, 2.45) is 18.9 Å². The monoisotopic (exact) mass is 535 g/mol. The molecule has 0 N–H and O–H groups in total. The molecule has 0 amide bonds. The molecule has 204 valence electrons. The number of hydrogen-bond donors (Lipinski definition) is 0. The van der Waals surface area contributed by atoms with Crippen molar-refractivity contribution in [2.45, 2.75) is 51.9 Å². The van der Waals surface area contributed by atoms with Gasteiger partial charge in [0.15, 0.2) is 0 Å². The second kappa shape index (κ2) is 10.1. The Labute approximate surface area is 225 Å². The zero-order valence-electron chi connectivity index (χ0n) is 22.2. The number of nitrogens with zero attached hydrogens (tertiary/aromatic N) is 7. The Morgan fingerprint density at radius 2 is 1.64 bits per heavy atom. The smallest absolute Gasteiger partial charge is 0.356 e. The van der Waals surface area contributed by atoms with Crippen molar-refractivity contribution in [3.63, 3.8) is 0 Å². The Bertz CT molecular complexity index is 1460. The number of fused-ring (bicyclic) bond motifs is 1. The van der Waals surface area contributed by atoms with Crippen LogP contribution in [-0.2, 0) is 26.3 Å². The Hall–Kier alpha value is -3.69. The number of benzene rings is 2. The second-order valence-corrected chi connectivity index (χ2v) is 11.1. The number of rotatable bonds is 10. The third kappa shape index (κ3) is 6.15. The van der Waals surface area contributed by atoms with Crippen molar-refractivity contribution in [1.29, 1.82) is 0 Å². The number of hydrogen-bond acceptors (Lipinski definition) is 6. The zero-order chi connectivity index (χ0) is 27.1. The summed E-state index contributed by atoms with van der Waals surface area (Å²) in [6, 6.07) is 14.4. The van der Waals surface area contributed by atoms with Crippen molar-refractivity contribution < 1.29 is 13.2 Å². The van der Waals surface area contributed by atoms with E-state index in [1.54, 1.807) is 20.0 Å². The fraction of sp³-hybridized carbons (Fsp3) is 0.448. The highest BCUT2D eigenvalue weighted by Crippen LogP contribution is 2.37. The Morgan fingerprint density at radius 1 is 0.923 bits per heavy atom. The minimum atomic E-state index is -4.42. The molecule has 0 atom stereocenters. The summed E-state index contributed by atoms with van der Waals surface area (Å²) in [6.07, 6.45) is 0.560. The van der Waals surface area contributed by atoms with Crippen LogP contribution in [0.5, 0.6) is 0 Å². The van der Waals surface area contributed by atoms with Gasteiger partial charge in [-0.25, -0.2) is 4.98 Å². The molecule has 0 saturated heterocycles. The molecule has 2 aliphatic rings. The van der Waals surface area contributed by atoms with Gasteiger partial charge in [-0.05, 0) is 79.5 Å². The molecule has 2 heterocycles. The molecule has 10 heteroatoms. The highest BCUT2D eigenvalue weighted by Gasteiger charge is 2.33. The molecule has 4 aromatic rings. The predicted octanol–water partition coefficient (Wildman–Crippen LogP) is 5.92. The standard InChI is InChI=1S/C29H32F3N7/c1-19-11-22(13-25(12-19)29(30,31)32)17-39(28-34-36-37(2)35-28)18-24-14-23-5-3-4-6-26(23)33-27(24)38(15-20-7-8-20)16-21-9-10-21/h3-6,11-14,20-21H,7-10,15-18H2,1-2H3. The summed E-state index contributed by atoms with van der Waals surface area (Å²) in [5, 5.41) is 13.7. The van der Waals surface area contributed by atoms with Gasteiger partial charge in [0.1, 0.15) is 5.82 Å². The molecule has 0 aliphatic heterocycles. The maximum absolute atomic E-state index is 13.6. The molecule has 6 rings (SSSR count). The number of tetrazole rings is 1. The van der Waals surface area contributed by atoms with E-state index in [0.29, 0.717) is 35.5 Å². The fourth-order valence-corrected chi connectivity index (χ4v) is 5.15. The van der Waals surface area contributed by atoms with Crippen LogP contribution in [0.15, 0.2) is 48.5 Å². The Balaban J connectivity index is 1.40. The van der Waals surface area contributed by atoms with Crippen LogP contribution < -0.4 is 9.80 Å². The molecule has 0 spiro atoms. The minimum Gasteiger partial charge on any atom is -0.356 e. The molecule has 39 heavy (non-hydrogen) atoms. The van der Waals surface area contributed by atoms with E-state index in [4.69, 9.17) is 4.98 Å². The SMILES string of the molecule is Cc1cc(CN(Cc2cc3ccccc3nc2N(CC2CC2)CC2CC2)c2nnn(C)n2)cc(C(F)(F)F)c1. The van der Waals surface area contributed by atoms with Gasteiger partial charge in [0.25, 0.3) is 5.95 Å². The van der Waals surface area contributed by atoms with E-state index in [1.165, 1.54) is 42.6 Å². The van der Waals surface area contributed by atoms with Crippen LogP contribution in [0, 0.1) is 18.8 Å². The van der Waals surface area contributed by atoms with Gasteiger partial charge in [-0.1, -0.05) is 34.9 Å². The van der Waals surface area contributed by atoms with E-state index in [-0.39, 0.29) is 6.54 Å². The number of alkyl halides is 3. The highest BCUT2D eigenvalue weighted by atomic mass is 19.4. The molecule has 0 bridgehead atoms. The van der Waals surface area contributed by atoms with Crippen LogP contribution in [0.4, 0.5) is 24.9 Å². The molecule has 2 aliphatic carbocycles. The van der Waals surface area contributed by atoms with Gasteiger partial charge in [-0.15, -0.1) is 5.10 Å². The van der Waals surface area contributed by atoms with Crippen LogP contribution in [0.25, 0.3) is 10.9 Å². The van der Waals surface area contributed by atoms with Crippen LogP contribution in [0.3, 0.4) is 0 Å². The highest BCUT2D eigenvalue weighted by molar-refractivity contribution is 5.82. The van der Waals surface area contributed by atoms with Crippen molar-refractivity contribution in [1.82, 2.24) is 25.2 Å².